The fraction of sp³-hybridized carbons (Fsp3) is 0.304. The Morgan fingerprint density at radius 1 is 0.857 bits per heavy atom. The highest BCUT2D eigenvalue weighted by Gasteiger charge is 2.43. The molecule has 0 saturated carbocycles. The Morgan fingerprint density at radius 2 is 1.54 bits per heavy atom. The first-order valence-electron chi connectivity index (χ1n) is 9.61. The Bertz CT molecular complexity index is 970. The van der Waals surface area contributed by atoms with Gasteiger partial charge in [-0.15, -0.1) is 0 Å². The lowest BCUT2D eigenvalue weighted by molar-refractivity contribution is -0.120. The summed E-state index contributed by atoms with van der Waals surface area (Å²) in [5.74, 6) is 0.176. The third-order valence-electron chi connectivity index (χ3n) is 5.61. The fourth-order valence-electron chi connectivity index (χ4n) is 3.88. The van der Waals surface area contributed by atoms with Gasteiger partial charge in [-0.3, -0.25) is 9.59 Å². The number of rotatable bonds is 4. The lowest BCUT2D eigenvalue weighted by atomic mass is 9.99. The molecule has 0 aromatic heterocycles. The van der Waals surface area contributed by atoms with Gasteiger partial charge >= 0.3 is 0 Å². The smallest absolute Gasteiger partial charge is 0.282 e. The van der Waals surface area contributed by atoms with Gasteiger partial charge in [-0.25, -0.2) is 4.90 Å². The largest absolute Gasteiger partial charge is 0.497 e. The van der Waals surface area contributed by atoms with Crippen LogP contribution in [-0.4, -0.2) is 36.9 Å². The third kappa shape index (κ3) is 2.97. The first-order chi connectivity index (χ1) is 13.5. The van der Waals surface area contributed by atoms with E-state index in [1.54, 1.807) is 31.4 Å². The van der Waals surface area contributed by atoms with E-state index in [4.69, 9.17) is 4.74 Å². The number of nitrogens with zero attached hydrogens (tertiary/aromatic N) is 2. The minimum atomic E-state index is -0.264. The van der Waals surface area contributed by atoms with Crippen LogP contribution in [-0.2, 0) is 9.59 Å². The molecular weight excluding hydrogens is 352 g/mol. The van der Waals surface area contributed by atoms with Crippen LogP contribution in [0.2, 0.25) is 0 Å². The molecule has 0 atom stereocenters. The molecule has 1 saturated heterocycles. The van der Waals surface area contributed by atoms with E-state index >= 15 is 0 Å². The number of hydrogen-bond acceptors (Lipinski definition) is 4. The number of aryl methyl sites for hydroxylation is 2. The van der Waals surface area contributed by atoms with Crippen molar-refractivity contribution < 1.29 is 14.3 Å². The molecule has 0 aliphatic carbocycles. The predicted octanol–water partition coefficient (Wildman–Crippen LogP) is 3.69. The van der Waals surface area contributed by atoms with Gasteiger partial charge in [0.15, 0.2) is 0 Å². The Kier molecular flexibility index (Phi) is 4.67. The van der Waals surface area contributed by atoms with Crippen molar-refractivity contribution in [3.8, 4) is 5.75 Å². The van der Waals surface area contributed by atoms with Gasteiger partial charge in [-0.05, 0) is 67.6 Å². The lowest BCUT2D eigenvalue weighted by Gasteiger charge is -2.20. The number of benzene rings is 2. The number of hydrogen-bond donors (Lipinski definition) is 0. The van der Waals surface area contributed by atoms with Crippen LogP contribution in [0.3, 0.4) is 0 Å². The van der Waals surface area contributed by atoms with Crippen LogP contribution >= 0.6 is 0 Å². The summed E-state index contributed by atoms with van der Waals surface area (Å²) in [5, 5.41) is 0. The molecule has 5 heteroatoms. The summed E-state index contributed by atoms with van der Waals surface area (Å²) in [6, 6.07) is 13.0. The molecule has 2 aromatic rings. The number of anilines is 1. The summed E-state index contributed by atoms with van der Waals surface area (Å²) >= 11 is 0. The van der Waals surface area contributed by atoms with Crippen LogP contribution in [0, 0.1) is 13.8 Å². The predicted molar refractivity (Wildman–Crippen MR) is 109 cm³/mol. The first kappa shape index (κ1) is 18.3. The van der Waals surface area contributed by atoms with Gasteiger partial charge in [0.05, 0.1) is 18.4 Å². The van der Waals surface area contributed by atoms with Gasteiger partial charge in [-0.1, -0.05) is 18.2 Å². The number of imide groups is 1. The van der Waals surface area contributed by atoms with E-state index in [1.807, 2.05) is 32.0 Å². The van der Waals surface area contributed by atoms with Crippen molar-refractivity contribution in [2.24, 2.45) is 0 Å². The van der Waals surface area contributed by atoms with Crippen molar-refractivity contribution in [3.63, 3.8) is 0 Å². The standard InChI is InChI=1S/C23H24N2O3/c1-15-6-7-17(14-16(15)2)20-21(24-12-4-5-13-24)23(27)25(22(20)26)18-8-10-19(28-3)11-9-18/h6-11,14H,4-5,12-13H2,1-3H3. The number of amides is 2. The van der Waals surface area contributed by atoms with Gasteiger partial charge in [0.2, 0.25) is 0 Å². The molecule has 1 fully saturated rings. The Hall–Kier alpha value is -3.08. The Balaban J connectivity index is 1.81. The number of likely N-dealkylation sites (tertiary alicyclic amines) is 1. The van der Waals surface area contributed by atoms with Crippen LogP contribution in [0.25, 0.3) is 5.57 Å². The molecule has 5 nitrogen and oxygen atoms in total. The average molecular weight is 376 g/mol. The van der Waals surface area contributed by atoms with Gasteiger partial charge in [0.25, 0.3) is 11.8 Å². The highest BCUT2D eigenvalue weighted by Crippen LogP contribution is 2.36. The van der Waals surface area contributed by atoms with E-state index in [-0.39, 0.29) is 11.8 Å². The van der Waals surface area contributed by atoms with Crippen LogP contribution in [0.15, 0.2) is 48.2 Å². The van der Waals surface area contributed by atoms with Crippen LogP contribution < -0.4 is 9.64 Å². The molecule has 2 aliphatic rings. The zero-order chi connectivity index (χ0) is 19.8. The van der Waals surface area contributed by atoms with Gasteiger partial charge < -0.3 is 9.64 Å². The molecule has 2 heterocycles. The first-order valence-corrected chi connectivity index (χ1v) is 9.61. The molecule has 2 aromatic carbocycles. The summed E-state index contributed by atoms with van der Waals surface area (Å²) in [6.45, 7) is 5.68. The third-order valence-corrected chi connectivity index (χ3v) is 5.61. The molecule has 28 heavy (non-hydrogen) atoms. The van der Waals surface area contributed by atoms with Crippen LogP contribution in [0.1, 0.15) is 29.5 Å². The van der Waals surface area contributed by atoms with E-state index in [2.05, 4.69) is 4.90 Å². The fourth-order valence-corrected chi connectivity index (χ4v) is 3.88. The molecule has 2 aliphatic heterocycles. The number of carbonyl (C=O) groups excluding carboxylic acids is 2. The molecule has 2 amide bonds. The highest BCUT2D eigenvalue weighted by atomic mass is 16.5. The highest BCUT2D eigenvalue weighted by molar-refractivity contribution is 6.45. The quantitative estimate of drug-likeness (QED) is 0.764. The molecule has 0 spiro atoms. The maximum atomic E-state index is 13.4. The molecule has 144 valence electrons. The minimum absolute atomic E-state index is 0.245. The number of methoxy groups -OCH3 is 1. The summed E-state index contributed by atoms with van der Waals surface area (Å²) in [6.07, 6.45) is 2.07. The van der Waals surface area contributed by atoms with E-state index in [9.17, 15) is 9.59 Å². The van der Waals surface area contributed by atoms with Crippen LogP contribution in [0.5, 0.6) is 5.75 Å². The molecule has 0 unspecified atom stereocenters. The van der Waals surface area contributed by atoms with E-state index < -0.39 is 0 Å². The van der Waals surface area contributed by atoms with Gasteiger partial charge in [-0.2, -0.15) is 0 Å². The molecule has 0 radical (unpaired) electrons. The molecule has 4 rings (SSSR count). The summed E-state index contributed by atoms with van der Waals surface area (Å²) < 4.78 is 5.20. The number of carbonyl (C=O) groups is 2. The lowest BCUT2D eigenvalue weighted by Crippen LogP contribution is -2.34. The van der Waals surface area contributed by atoms with Gasteiger partial charge in [0, 0.05) is 13.1 Å². The van der Waals surface area contributed by atoms with Crippen molar-refractivity contribution in [2.45, 2.75) is 26.7 Å². The molecule has 0 N–H and O–H groups in total. The minimum Gasteiger partial charge on any atom is -0.497 e. The normalized spacial score (nSPS) is 17.1. The second kappa shape index (κ2) is 7.15. The van der Waals surface area contributed by atoms with Gasteiger partial charge in [0.1, 0.15) is 11.4 Å². The molecular formula is C23H24N2O3. The van der Waals surface area contributed by atoms with Crippen molar-refractivity contribution in [2.75, 3.05) is 25.1 Å². The number of ether oxygens (including phenoxy) is 1. The maximum absolute atomic E-state index is 13.4. The van der Waals surface area contributed by atoms with Crippen molar-refractivity contribution in [1.29, 1.82) is 0 Å². The summed E-state index contributed by atoms with van der Waals surface area (Å²) in [5.41, 5.74) is 4.67. The topological polar surface area (TPSA) is 49.9 Å². The van der Waals surface area contributed by atoms with Crippen molar-refractivity contribution in [3.05, 3.63) is 64.9 Å². The van der Waals surface area contributed by atoms with E-state index in [1.165, 1.54) is 4.90 Å². The summed E-state index contributed by atoms with van der Waals surface area (Å²) in [4.78, 5) is 30.1. The Morgan fingerprint density at radius 3 is 2.14 bits per heavy atom. The monoisotopic (exact) mass is 376 g/mol. The zero-order valence-electron chi connectivity index (χ0n) is 16.5. The SMILES string of the molecule is COc1ccc(N2C(=O)C(c3ccc(C)c(C)c3)=C(N3CCCC3)C2=O)cc1. The van der Waals surface area contributed by atoms with Crippen LogP contribution in [0.4, 0.5) is 5.69 Å². The zero-order valence-corrected chi connectivity index (χ0v) is 16.5. The maximum Gasteiger partial charge on any atom is 0.282 e. The second-order valence-electron chi connectivity index (χ2n) is 7.36. The summed E-state index contributed by atoms with van der Waals surface area (Å²) in [7, 11) is 1.59. The van der Waals surface area contributed by atoms with E-state index in [0.717, 1.165) is 42.6 Å². The average Bonchev–Trinajstić information content (AvgIpc) is 3.30. The second-order valence-corrected chi connectivity index (χ2v) is 7.36. The van der Waals surface area contributed by atoms with E-state index in [0.29, 0.717) is 22.7 Å². The van der Waals surface area contributed by atoms with Crippen molar-refractivity contribution in [1.82, 2.24) is 4.90 Å². The van der Waals surface area contributed by atoms with Crippen molar-refractivity contribution >= 4 is 23.1 Å². The Labute approximate surface area is 165 Å². The molecule has 0 bridgehead atoms.